The molecule has 1 aromatic heterocycles. The molecular formula is C20H22N4O4. The monoisotopic (exact) mass is 382 g/mol. The molecule has 0 radical (unpaired) electrons. The first-order chi connectivity index (χ1) is 13.6. The van der Waals surface area contributed by atoms with E-state index in [0.29, 0.717) is 29.3 Å². The molecule has 0 aliphatic carbocycles. The van der Waals surface area contributed by atoms with Gasteiger partial charge < -0.3 is 14.5 Å². The Bertz CT molecular complexity index is 948. The zero-order chi connectivity index (χ0) is 19.5. The molecule has 1 saturated heterocycles. The molecule has 0 saturated carbocycles. The van der Waals surface area contributed by atoms with Gasteiger partial charge in [0, 0.05) is 37.3 Å². The van der Waals surface area contributed by atoms with Gasteiger partial charge in [-0.2, -0.15) is 0 Å². The molecule has 0 spiro atoms. The van der Waals surface area contributed by atoms with Gasteiger partial charge in [0.1, 0.15) is 11.2 Å². The molecule has 2 heterocycles. The molecule has 4 rings (SSSR count). The van der Waals surface area contributed by atoms with Gasteiger partial charge in [0.05, 0.1) is 18.1 Å². The third kappa shape index (κ3) is 3.83. The number of rotatable bonds is 6. The molecule has 1 atom stereocenters. The lowest BCUT2D eigenvalue weighted by atomic mass is 10.1. The molecule has 1 aliphatic rings. The van der Waals surface area contributed by atoms with Crippen LogP contribution in [0, 0.1) is 10.1 Å². The molecular weight excluding hydrogens is 360 g/mol. The molecule has 3 aromatic rings. The third-order valence-corrected chi connectivity index (χ3v) is 4.99. The van der Waals surface area contributed by atoms with Gasteiger partial charge in [-0.15, -0.1) is 0 Å². The predicted octanol–water partition coefficient (Wildman–Crippen LogP) is 3.54. The van der Waals surface area contributed by atoms with Crippen molar-refractivity contribution in [2.24, 2.45) is 0 Å². The Balaban J connectivity index is 1.54. The van der Waals surface area contributed by atoms with E-state index in [4.69, 9.17) is 9.15 Å². The van der Waals surface area contributed by atoms with Crippen molar-refractivity contribution in [2.75, 3.05) is 38.2 Å². The van der Waals surface area contributed by atoms with Crippen LogP contribution in [0.3, 0.4) is 0 Å². The highest BCUT2D eigenvalue weighted by molar-refractivity contribution is 5.77. The van der Waals surface area contributed by atoms with Crippen LogP contribution in [0.4, 0.5) is 11.4 Å². The number of hydrogen-bond acceptors (Lipinski definition) is 7. The van der Waals surface area contributed by atoms with E-state index in [9.17, 15) is 10.1 Å². The van der Waals surface area contributed by atoms with Crippen LogP contribution in [0.2, 0.25) is 0 Å². The summed E-state index contributed by atoms with van der Waals surface area (Å²) in [7, 11) is 0. The Morgan fingerprint density at radius 1 is 1.25 bits per heavy atom. The fourth-order valence-corrected chi connectivity index (χ4v) is 3.37. The predicted molar refractivity (Wildman–Crippen MR) is 106 cm³/mol. The van der Waals surface area contributed by atoms with Gasteiger partial charge in [0.2, 0.25) is 5.89 Å². The van der Waals surface area contributed by atoms with Gasteiger partial charge in [-0.25, -0.2) is 4.98 Å². The van der Waals surface area contributed by atoms with Crippen LogP contribution in [0.25, 0.3) is 22.6 Å². The van der Waals surface area contributed by atoms with Gasteiger partial charge in [0.15, 0.2) is 5.58 Å². The van der Waals surface area contributed by atoms with Gasteiger partial charge in [-0.05, 0) is 31.2 Å². The van der Waals surface area contributed by atoms with E-state index in [1.165, 1.54) is 6.07 Å². The fraction of sp³-hybridized carbons (Fsp3) is 0.350. The summed E-state index contributed by atoms with van der Waals surface area (Å²) in [5.41, 5.74) is 2.46. The Morgan fingerprint density at radius 3 is 2.79 bits per heavy atom. The minimum absolute atomic E-state index is 0.00827. The van der Waals surface area contributed by atoms with E-state index in [2.05, 4.69) is 22.1 Å². The van der Waals surface area contributed by atoms with E-state index < -0.39 is 0 Å². The number of para-hydroxylation sites is 2. The standard InChI is InChI=1S/C20H22N4O4/c1-14(23-8-10-27-11-9-23)13-21-16-7-6-15(12-18(16)24(25)26)20-22-17-4-2-3-5-19(17)28-20/h2-7,12,14,21H,8-11,13H2,1H3. The van der Waals surface area contributed by atoms with Gasteiger partial charge in [-0.3, -0.25) is 15.0 Å². The van der Waals surface area contributed by atoms with Crippen molar-refractivity contribution in [1.82, 2.24) is 9.88 Å². The van der Waals surface area contributed by atoms with E-state index in [1.54, 1.807) is 12.1 Å². The minimum atomic E-state index is -0.381. The van der Waals surface area contributed by atoms with Gasteiger partial charge >= 0.3 is 0 Å². The summed E-state index contributed by atoms with van der Waals surface area (Å²) >= 11 is 0. The van der Waals surface area contributed by atoms with Crippen molar-refractivity contribution < 1.29 is 14.1 Å². The Morgan fingerprint density at radius 2 is 2.04 bits per heavy atom. The smallest absolute Gasteiger partial charge is 0.293 e. The van der Waals surface area contributed by atoms with E-state index in [0.717, 1.165) is 31.8 Å². The lowest BCUT2D eigenvalue weighted by Crippen LogP contribution is -2.45. The maximum Gasteiger partial charge on any atom is 0.293 e. The number of morpholine rings is 1. The summed E-state index contributed by atoms with van der Waals surface area (Å²) in [4.78, 5) is 18.0. The van der Waals surface area contributed by atoms with Crippen LogP contribution in [0.15, 0.2) is 46.9 Å². The quantitative estimate of drug-likeness (QED) is 0.515. The average Bonchev–Trinajstić information content (AvgIpc) is 3.16. The minimum Gasteiger partial charge on any atom is -0.436 e. The largest absolute Gasteiger partial charge is 0.436 e. The first-order valence-corrected chi connectivity index (χ1v) is 9.32. The number of oxazole rings is 1. The van der Waals surface area contributed by atoms with Crippen molar-refractivity contribution in [3.63, 3.8) is 0 Å². The number of anilines is 1. The zero-order valence-corrected chi connectivity index (χ0v) is 15.6. The van der Waals surface area contributed by atoms with Crippen LogP contribution >= 0.6 is 0 Å². The number of nitrogens with zero attached hydrogens (tertiary/aromatic N) is 3. The number of hydrogen-bond donors (Lipinski definition) is 1. The summed E-state index contributed by atoms with van der Waals surface area (Å²) in [5, 5.41) is 14.8. The van der Waals surface area contributed by atoms with E-state index >= 15 is 0 Å². The molecule has 1 N–H and O–H groups in total. The molecule has 0 bridgehead atoms. The average molecular weight is 382 g/mol. The molecule has 8 nitrogen and oxygen atoms in total. The Labute approximate surface area is 162 Å². The highest BCUT2D eigenvalue weighted by atomic mass is 16.6. The van der Waals surface area contributed by atoms with E-state index in [1.807, 2.05) is 24.3 Å². The van der Waals surface area contributed by atoms with Crippen LogP contribution in [-0.4, -0.2) is 53.7 Å². The van der Waals surface area contributed by atoms with Crippen LogP contribution in [0.5, 0.6) is 0 Å². The summed E-state index contributed by atoms with van der Waals surface area (Å²) < 4.78 is 11.1. The highest BCUT2D eigenvalue weighted by Gasteiger charge is 2.20. The summed E-state index contributed by atoms with van der Waals surface area (Å²) in [6.45, 7) is 5.93. The molecule has 8 heteroatoms. The van der Waals surface area contributed by atoms with Crippen LogP contribution < -0.4 is 5.32 Å². The number of nitro groups is 1. The second-order valence-electron chi connectivity index (χ2n) is 6.85. The molecule has 0 amide bonds. The number of nitrogens with one attached hydrogen (secondary N) is 1. The Kier molecular flexibility index (Phi) is 5.23. The van der Waals surface area contributed by atoms with Crippen molar-refractivity contribution >= 4 is 22.5 Å². The van der Waals surface area contributed by atoms with Crippen molar-refractivity contribution in [3.05, 3.63) is 52.6 Å². The SMILES string of the molecule is CC(CNc1ccc(-c2nc3ccccc3o2)cc1[N+](=O)[O-])N1CCOCC1. The number of aromatic nitrogens is 1. The normalized spacial score (nSPS) is 16.2. The molecule has 1 unspecified atom stereocenters. The maximum atomic E-state index is 11.6. The highest BCUT2D eigenvalue weighted by Crippen LogP contribution is 2.32. The van der Waals surface area contributed by atoms with Crippen molar-refractivity contribution in [1.29, 1.82) is 0 Å². The van der Waals surface area contributed by atoms with Gasteiger partial charge in [-0.1, -0.05) is 12.1 Å². The first kappa shape index (κ1) is 18.4. The van der Waals surface area contributed by atoms with Crippen LogP contribution in [-0.2, 0) is 4.74 Å². The number of benzene rings is 2. The molecule has 2 aromatic carbocycles. The third-order valence-electron chi connectivity index (χ3n) is 4.99. The lowest BCUT2D eigenvalue weighted by molar-refractivity contribution is -0.383. The molecule has 146 valence electrons. The van der Waals surface area contributed by atoms with Crippen molar-refractivity contribution in [2.45, 2.75) is 13.0 Å². The molecule has 28 heavy (non-hydrogen) atoms. The topological polar surface area (TPSA) is 93.7 Å². The van der Waals surface area contributed by atoms with Crippen LogP contribution in [0.1, 0.15) is 6.92 Å². The zero-order valence-electron chi connectivity index (χ0n) is 15.6. The molecule has 1 fully saturated rings. The number of ether oxygens (including phenoxy) is 1. The van der Waals surface area contributed by atoms with Gasteiger partial charge in [0.25, 0.3) is 5.69 Å². The second-order valence-corrected chi connectivity index (χ2v) is 6.85. The first-order valence-electron chi connectivity index (χ1n) is 9.32. The fourth-order valence-electron chi connectivity index (χ4n) is 3.37. The number of nitro benzene ring substituents is 1. The summed E-state index contributed by atoms with van der Waals surface area (Å²) in [6.07, 6.45) is 0. The van der Waals surface area contributed by atoms with Crippen molar-refractivity contribution in [3.8, 4) is 11.5 Å². The number of fused-ring (bicyclic) bond motifs is 1. The molecule has 1 aliphatic heterocycles. The Hall–Kier alpha value is -2.97. The van der Waals surface area contributed by atoms with E-state index in [-0.39, 0.29) is 16.7 Å². The summed E-state index contributed by atoms with van der Waals surface area (Å²) in [6, 6.07) is 12.7. The maximum absolute atomic E-state index is 11.6. The summed E-state index contributed by atoms with van der Waals surface area (Å²) in [5.74, 6) is 0.373. The lowest BCUT2D eigenvalue weighted by Gasteiger charge is -2.32. The second kappa shape index (κ2) is 7.95.